The van der Waals surface area contributed by atoms with Gasteiger partial charge >= 0.3 is 0 Å². The fourth-order valence-corrected chi connectivity index (χ4v) is 6.13. The van der Waals surface area contributed by atoms with Crippen LogP contribution in [0.3, 0.4) is 0 Å². The molecule has 0 bridgehead atoms. The van der Waals surface area contributed by atoms with E-state index in [0.717, 1.165) is 15.3 Å². The third-order valence-corrected chi connectivity index (χ3v) is 8.43. The molecule has 30 heavy (non-hydrogen) atoms. The monoisotopic (exact) mass is 450 g/mol. The van der Waals surface area contributed by atoms with Crippen molar-refractivity contribution in [3.05, 3.63) is 22.6 Å². The largest absolute Gasteiger partial charge is 0.339 e. The van der Waals surface area contributed by atoms with Crippen LogP contribution < -0.4 is 10.6 Å². The summed E-state index contributed by atoms with van der Waals surface area (Å²) in [6.45, 7) is 10.8. The summed E-state index contributed by atoms with van der Waals surface area (Å²) in [5.41, 5.74) is 0.984. The second kappa shape index (κ2) is 9.53. The third kappa shape index (κ3) is 4.43. The lowest BCUT2D eigenvalue weighted by atomic mass is 9.86. The highest BCUT2D eigenvalue weighted by atomic mass is 32.2. The van der Waals surface area contributed by atoms with Gasteiger partial charge in [0.2, 0.25) is 11.8 Å². The first kappa shape index (κ1) is 22.8. The fraction of sp³-hybridized carbons (Fsp3) is 0.571. The van der Waals surface area contributed by atoms with Crippen molar-refractivity contribution in [3.63, 3.8) is 0 Å². The minimum absolute atomic E-state index is 0.0303. The summed E-state index contributed by atoms with van der Waals surface area (Å²) in [5, 5.41) is 6.41. The number of carbonyl (C=O) groups is 3. The second-order valence-electron chi connectivity index (χ2n) is 7.75. The van der Waals surface area contributed by atoms with Gasteiger partial charge < -0.3 is 20.4 Å². The molecule has 9 heteroatoms. The minimum atomic E-state index is -0.912. The number of carbonyl (C=O) groups excluding carboxylic acids is 3. The molecule has 0 aromatic carbocycles. The summed E-state index contributed by atoms with van der Waals surface area (Å²) in [4.78, 5) is 42.6. The van der Waals surface area contributed by atoms with E-state index >= 15 is 0 Å². The van der Waals surface area contributed by atoms with Crippen LogP contribution >= 0.6 is 23.1 Å². The van der Waals surface area contributed by atoms with Crippen LogP contribution in [0.4, 0.5) is 0 Å². The second-order valence-corrected chi connectivity index (χ2v) is 9.85. The molecule has 2 aliphatic heterocycles. The zero-order valence-corrected chi connectivity index (χ0v) is 19.5. The Balaban J connectivity index is 1.81. The first-order chi connectivity index (χ1) is 14.3. The van der Waals surface area contributed by atoms with Crippen LogP contribution in [-0.2, 0) is 9.59 Å². The van der Waals surface area contributed by atoms with Gasteiger partial charge in [-0.3, -0.25) is 14.4 Å². The summed E-state index contributed by atoms with van der Waals surface area (Å²) < 4.78 is 1.05. The molecule has 0 unspecified atom stereocenters. The Bertz CT molecular complexity index is 838. The number of rotatable bonds is 5. The standard InChI is InChI=1S/C21H30N4O3S2/c1-5-16-14(2)17(30-19(16)29-4)18(27)23-21(6-8-22-9-7-21)20(28)25-12-10-24(11-13-25)15(3)26/h5,22H,1,6-13H2,2-4H3,(H,23,27). The molecular weight excluding hydrogens is 420 g/mol. The molecular formula is C21H30N4O3S2. The van der Waals surface area contributed by atoms with Crippen molar-refractivity contribution < 1.29 is 14.4 Å². The molecule has 3 rings (SSSR count). The van der Waals surface area contributed by atoms with E-state index in [1.807, 2.05) is 13.2 Å². The Kier molecular flexibility index (Phi) is 7.26. The van der Waals surface area contributed by atoms with E-state index < -0.39 is 5.54 Å². The van der Waals surface area contributed by atoms with E-state index in [9.17, 15) is 14.4 Å². The maximum atomic E-state index is 13.6. The molecule has 1 aromatic rings. The number of hydrogen-bond donors (Lipinski definition) is 2. The Morgan fingerprint density at radius 3 is 2.27 bits per heavy atom. The summed E-state index contributed by atoms with van der Waals surface area (Å²) in [6.07, 6.45) is 4.88. The molecule has 2 aliphatic rings. The number of nitrogens with zero attached hydrogens (tertiary/aromatic N) is 2. The van der Waals surface area contributed by atoms with Crippen LogP contribution in [-0.4, -0.2) is 78.6 Å². The van der Waals surface area contributed by atoms with E-state index in [1.165, 1.54) is 11.3 Å². The van der Waals surface area contributed by atoms with Crippen LogP contribution in [0.15, 0.2) is 10.8 Å². The highest BCUT2D eigenvalue weighted by Crippen LogP contribution is 2.36. The normalized spacial score (nSPS) is 18.8. The van der Waals surface area contributed by atoms with Gasteiger partial charge in [0.15, 0.2) is 0 Å². The molecule has 2 saturated heterocycles. The van der Waals surface area contributed by atoms with E-state index in [0.29, 0.717) is 57.0 Å². The lowest BCUT2D eigenvalue weighted by Gasteiger charge is -2.43. The molecule has 1 aromatic heterocycles. The van der Waals surface area contributed by atoms with Gasteiger partial charge in [-0.2, -0.15) is 0 Å². The van der Waals surface area contributed by atoms with E-state index in [2.05, 4.69) is 17.2 Å². The van der Waals surface area contributed by atoms with Crippen molar-refractivity contribution in [2.45, 2.75) is 36.4 Å². The summed E-state index contributed by atoms with van der Waals surface area (Å²) in [5.74, 6) is -0.204. The molecule has 2 fully saturated rings. The Morgan fingerprint density at radius 1 is 1.17 bits per heavy atom. The fourth-order valence-electron chi connectivity index (χ4n) is 4.15. The van der Waals surface area contributed by atoms with Gasteiger partial charge in [-0.15, -0.1) is 23.1 Å². The predicted molar refractivity (Wildman–Crippen MR) is 122 cm³/mol. The van der Waals surface area contributed by atoms with Gasteiger partial charge in [0.1, 0.15) is 5.54 Å². The number of nitrogens with one attached hydrogen (secondary N) is 2. The van der Waals surface area contributed by atoms with Crippen LogP contribution in [0.1, 0.15) is 40.6 Å². The molecule has 0 saturated carbocycles. The van der Waals surface area contributed by atoms with Gasteiger partial charge in [0.25, 0.3) is 5.91 Å². The van der Waals surface area contributed by atoms with Crippen LogP contribution in [0.2, 0.25) is 0 Å². The Labute approximate surface area is 186 Å². The van der Waals surface area contributed by atoms with Gasteiger partial charge in [-0.1, -0.05) is 12.7 Å². The average molecular weight is 451 g/mol. The Morgan fingerprint density at radius 2 is 1.77 bits per heavy atom. The molecule has 0 radical (unpaired) electrons. The van der Waals surface area contributed by atoms with Crippen LogP contribution in [0.5, 0.6) is 0 Å². The minimum Gasteiger partial charge on any atom is -0.339 e. The topological polar surface area (TPSA) is 81.8 Å². The molecule has 7 nitrogen and oxygen atoms in total. The number of thioether (sulfide) groups is 1. The number of piperazine rings is 1. The molecule has 2 N–H and O–H groups in total. The smallest absolute Gasteiger partial charge is 0.262 e. The van der Waals surface area contributed by atoms with Gasteiger partial charge in [-0.05, 0) is 44.7 Å². The SMILES string of the molecule is C=Cc1c(SC)sc(C(=O)NC2(C(=O)N3CCN(C(C)=O)CC3)CCNCC2)c1C. The number of hydrogen-bond acceptors (Lipinski definition) is 6. The lowest BCUT2D eigenvalue weighted by molar-refractivity contribution is -0.144. The molecule has 164 valence electrons. The van der Waals surface area contributed by atoms with Crippen molar-refractivity contribution in [3.8, 4) is 0 Å². The third-order valence-electron chi connectivity index (χ3n) is 5.99. The highest BCUT2D eigenvalue weighted by Gasteiger charge is 2.44. The molecule has 0 atom stereocenters. The van der Waals surface area contributed by atoms with E-state index in [1.54, 1.807) is 34.6 Å². The van der Waals surface area contributed by atoms with Crippen molar-refractivity contribution in [2.24, 2.45) is 0 Å². The van der Waals surface area contributed by atoms with Gasteiger partial charge in [0, 0.05) is 38.7 Å². The van der Waals surface area contributed by atoms with Crippen LogP contribution in [0, 0.1) is 6.92 Å². The average Bonchev–Trinajstić information content (AvgIpc) is 3.09. The molecule has 0 spiro atoms. The lowest BCUT2D eigenvalue weighted by Crippen LogP contribution is -2.65. The molecule has 3 heterocycles. The summed E-state index contributed by atoms with van der Waals surface area (Å²) in [6, 6.07) is 0. The highest BCUT2D eigenvalue weighted by molar-refractivity contribution is 8.00. The van der Waals surface area contributed by atoms with Crippen molar-refractivity contribution in [1.29, 1.82) is 0 Å². The van der Waals surface area contributed by atoms with Crippen molar-refractivity contribution in [2.75, 3.05) is 45.5 Å². The zero-order valence-electron chi connectivity index (χ0n) is 17.9. The zero-order chi connectivity index (χ0) is 21.9. The van der Waals surface area contributed by atoms with Crippen molar-refractivity contribution in [1.82, 2.24) is 20.4 Å². The van der Waals surface area contributed by atoms with Crippen molar-refractivity contribution >= 4 is 46.9 Å². The number of thiophene rings is 1. The molecule has 0 aliphatic carbocycles. The Hall–Kier alpha value is -1.84. The summed E-state index contributed by atoms with van der Waals surface area (Å²) >= 11 is 3.05. The van der Waals surface area contributed by atoms with E-state index in [-0.39, 0.29) is 17.7 Å². The predicted octanol–water partition coefficient (Wildman–Crippen LogP) is 1.96. The number of amides is 3. The maximum Gasteiger partial charge on any atom is 0.262 e. The summed E-state index contributed by atoms with van der Waals surface area (Å²) in [7, 11) is 0. The van der Waals surface area contributed by atoms with Gasteiger partial charge in [0.05, 0.1) is 9.09 Å². The van der Waals surface area contributed by atoms with Gasteiger partial charge in [-0.25, -0.2) is 0 Å². The quantitative estimate of drug-likeness (QED) is 0.671. The molecule has 3 amide bonds. The van der Waals surface area contributed by atoms with E-state index in [4.69, 9.17) is 0 Å². The van der Waals surface area contributed by atoms with Crippen LogP contribution in [0.25, 0.3) is 6.08 Å². The number of piperidine rings is 1. The first-order valence-corrected chi connectivity index (χ1v) is 12.2. The maximum absolute atomic E-state index is 13.6. The first-order valence-electron chi connectivity index (χ1n) is 10.2.